The molecule has 1 N–H and O–H groups in total. The molecule has 1 aliphatic rings. The maximum Gasteiger partial charge on any atom is 0.341 e. The first-order valence-electron chi connectivity index (χ1n) is 6.72. The molecule has 0 unspecified atom stereocenters. The van der Waals surface area contributed by atoms with E-state index >= 15 is 0 Å². The first-order chi connectivity index (χ1) is 11.0. The summed E-state index contributed by atoms with van der Waals surface area (Å²) in [5.74, 6) is -0.660. The summed E-state index contributed by atoms with van der Waals surface area (Å²) in [5.41, 5.74) is 1.34. The zero-order chi connectivity index (χ0) is 16.4. The molecule has 0 fully saturated rings. The van der Waals surface area contributed by atoms with E-state index in [2.05, 4.69) is 15.9 Å². The summed E-state index contributed by atoms with van der Waals surface area (Å²) in [4.78, 5) is 24.6. The van der Waals surface area contributed by atoms with E-state index < -0.39 is 12.6 Å². The van der Waals surface area contributed by atoms with Crippen LogP contribution in [0.1, 0.15) is 15.9 Å². The molecular formula is C17H11BrO4S. The van der Waals surface area contributed by atoms with E-state index in [1.807, 2.05) is 18.2 Å². The minimum atomic E-state index is -1.05. The first kappa shape index (κ1) is 15.8. The van der Waals surface area contributed by atoms with Gasteiger partial charge in [0, 0.05) is 20.5 Å². The number of hydrogen-bond donors (Lipinski definition) is 1. The van der Waals surface area contributed by atoms with Crippen LogP contribution in [-0.2, 0) is 4.79 Å². The smallest absolute Gasteiger partial charge is 0.341 e. The van der Waals surface area contributed by atoms with Crippen LogP contribution in [-0.4, -0.2) is 23.5 Å². The van der Waals surface area contributed by atoms with E-state index in [9.17, 15) is 9.59 Å². The average Bonchev–Trinajstić information content (AvgIpc) is 2.83. The van der Waals surface area contributed by atoms with Gasteiger partial charge in [-0.25, -0.2) is 4.79 Å². The van der Waals surface area contributed by atoms with Crippen molar-refractivity contribution in [1.82, 2.24) is 0 Å². The molecule has 0 aliphatic carbocycles. The van der Waals surface area contributed by atoms with Crippen molar-refractivity contribution in [2.24, 2.45) is 0 Å². The Kier molecular flexibility index (Phi) is 4.54. The molecule has 23 heavy (non-hydrogen) atoms. The second-order valence-electron chi connectivity index (χ2n) is 4.80. The van der Waals surface area contributed by atoms with Crippen molar-refractivity contribution in [2.45, 2.75) is 4.90 Å². The van der Waals surface area contributed by atoms with Gasteiger partial charge in [-0.1, -0.05) is 39.8 Å². The summed E-state index contributed by atoms with van der Waals surface area (Å²) in [6.07, 6.45) is 1.73. The maximum absolute atomic E-state index is 12.4. The van der Waals surface area contributed by atoms with Crippen molar-refractivity contribution in [1.29, 1.82) is 0 Å². The van der Waals surface area contributed by atoms with Gasteiger partial charge < -0.3 is 9.84 Å². The number of carboxylic acids is 1. The Morgan fingerprint density at radius 2 is 2.04 bits per heavy atom. The van der Waals surface area contributed by atoms with Crippen LogP contribution in [0, 0.1) is 0 Å². The lowest BCUT2D eigenvalue weighted by Gasteiger charge is -2.08. The number of thioether (sulfide) groups is 1. The highest BCUT2D eigenvalue weighted by Crippen LogP contribution is 2.41. The minimum Gasteiger partial charge on any atom is -0.481 e. The fourth-order valence-corrected chi connectivity index (χ4v) is 3.60. The molecule has 1 aliphatic heterocycles. The highest BCUT2D eigenvalue weighted by atomic mass is 79.9. The van der Waals surface area contributed by atoms with E-state index in [0.717, 1.165) is 9.37 Å². The number of ketones is 1. The average molecular weight is 391 g/mol. The summed E-state index contributed by atoms with van der Waals surface area (Å²) in [7, 11) is 0. The van der Waals surface area contributed by atoms with Gasteiger partial charge in [-0.3, -0.25) is 4.79 Å². The second-order valence-corrected chi connectivity index (χ2v) is 6.80. The number of fused-ring (bicyclic) bond motifs is 1. The number of hydrogen-bond acceptors (Lipinski definition) is 4. The molecule has 1 heterocycles. The molecular weight excluding hydrogens is 380 g/mol. The van der Waals surface area contributed by atoms with Gasteiger partial charge in [0.15, 0.2) is 6.61 Å². The van der Waals surface area contributed by atoms with E-state index in [0.29, 0.717) is 21.8 Å². The number of Topliss-reactive ketones (excluding diaryl/α,β-unsaturated/α-hetero) is 1. The first-order valence-corrected chi connectivity index (χ1v) is 8.33. The Hall–Kier alpha value is -2.05. The van der Waals surface area contributed by atoms with Gasteiger partial charge in [0.05, 0.1) is 4.91 Å². The predicted octanol–water partition coefficient (Wildman–Crippen LogP) is 4.24. The molecule has 2 aromatic carbocycles. The number of carbonyl (C=O) groups is 2. The van der Waals surface area contributed by atoms with Gasteiger partial charge in [0.1, 0.15) is 5.75 Å². The molecule has 0 saturated carbocycles. The minimum absolute atomic E-state index is 0.0326. The Morgan fingerprint density at radius 1 is 1.26 bits per heavy atom. The normalized spacial score (nSPS) is 14.8. The van der Waals surface area contributed by atoms with Gasteiger partial charge in [-0.2, -0.15) is 0 Å². The number of aliphatic carboxylic acids is 1. The number of carbonyl (C=O) groups excluding carboxylic acids is 1. The zero-order valence-corrected chi connectivity index (χ0v) is 14.2. The molecule has 0 aromatic heterocycles. The summed E-state index contributed by atoms with van der Waals surface area (Å²) in [6, 6.07) is 12.7. The Bertz CT molecular complexity index is 829. The SMILES string of the molecule is O=C(O)COc1ccc(Br)cc1C=C1Sc2ccccc2C1=O. The lowest BCUT2D eigenvalue weighted by molar-refractivity contribution is -0.139. The molecule has 4 nitrogen and oxygen atoms in total. The summed E-state index contributed by atoms with van der Waals surface area (Å²) in [6.45, 7) is -0.431. The van der Waals surface area contributed by atoms with Crippen molar-refractivity contribution >= 4 is 45.5 Å². The Morgan fingerprint density at radius 3 is 2.78 bits per heavy atom. The highest BCUT2D eigenvalue weighted by Gasteiger charge is 2.25. The lowest BCUT2D eigenvalue weighted by Crippen LogP contribution is -2.10. The lowest BCUT2D eigenvalue weighted by atomic mass is 10.1. The number of halogens is 1. The largest absolute Gasteiger partial charge is 0.481 e. The van der Waals surface area contributed by atoms with Crippen molar-refractivity contribution < 1.29 is 19.4 Å². The highest BCUT2D eigenvalue weighted by molar-refractivity contribution is 9.10. The number of benzene rings is 2. The third-order valence-electron chi connectivity index (χ3n) is 3.18. The second kappa shape index (κ2) is 6.60. The molecule has 0 spiro atoms. The van der Waals surface area contributed by atoms with Crippen LogP contribution < -0.4 is 4.74 Å². The zero-order valence-electron chi connectivity index (χ0n) is 11.8. The third-order valence-corrected chi connectivity index (χ3v) is 4.78. The predicted molar refractivity (Wildman–Crippen MR) is 91.9 cm³/mol. The van der Waals surface area contributed by atoms with Gasteiger partial charge in [-0.15, -0.1) is 0 Å². The van der Waals surface area contributed by atoms with E-state index in [1.165, 1.54) is 11.8 Å². The number of allylic oxidation sites excluding steroid dienone is 1. The number of ether oxygens (including phenoxy) is 1. The van der Waals surface area contributed by atoms with E-state index in [4.69, 9.17) is 9.84 Å². The number of rotatable bonds is 4. The molecule has 116 valence electrons. The van der Waals surface area contributed by atoms with Crippen LogP contribution in [0.25, 0.3) is 6.08 Å². The molecule has 0 atom stereocenters. The van der Waals surface area contributed by atoms with Crippen molar-refractivity contribution in [3.8, 4) is 5.75 Å². The Balaban J connectivity index is 1.95. The van der Waals surface area contributed by atoms with E-state index in [-0.39, 0.29) is 5.78 Å². The molecule has 6 heteroatoms. The fraction of sp³-hybridized carbons (Fsp3) is 0.0588. The van der Waals surface area contributed by atoms with Crippen LogP contribution in [0.15, 0.2) is 56.7 Å². The standard InChI is InChI=1S/C17H11BrO4S/c18-11-5-6-13(22-9-16(19)20)10(7-11)8-15-17(21)12-3-1-2-4-14(12)23-15/h1-8H,9H2,(H,19,20). The molecule has 0 saturated heterocycles. The van der Waals surface area contributed by atoms with Crippen LogP contribution in [0.2, 0.25) is 0 Å². The Labute approximate surface area is 145 Å². The summed E-state index contributed by atoms with van der Waals surface area (Å²) < 4.78 is 6.11. The van der Waals surface area contributed by atoms with Gasteiger partial charge in [0.2, 0.25) is 5.78 Å². The van der Waals surface area contributed by atoms with Crippen molar-refractivity contribution in [3.05, 3.63) is 63.0 Å². The summed E-state index contributed by atoms with van der Waals surface area (Å²) >= 11 is 4.78. The van der Waals surface area contributed by atoms with Gasteiger partial charge in [-0.05, 0) is 36.4 Å². The van der Waals surface area contributed by atoms with Crippen LogP contribution in [0.4, 0.5) is 0 Å². The molecule has 0 bridgehead atoms. The molecule has 2 aromatic rings. The van der Waals surface area contributed by atoms with Gasteiger partial charge >= 0.3 is 5.97 Å². The van der Waals surface area contributed by atoms with Gasteiger partial charge in [0.25, 0.3) is 0 Å². The fourth-order valence-electron chi connectivity index (χ4n) is 2.18. The van der Waals surface area contributed by atoms with Crippen molar-refractivity contribution in [3.63, 3.8) is 0 Å². The monoisotopic (exact) mass is 390 g/mol. The van der Waals surface area contributed by atoms with Crippen LogP contribution >= 0.6 is 27.7 Å². The van der Waals surface area contributed by atoms with Crippen LogP contribution in [0.5, 0.6) is 5.75 Å². The molecule has 0 radical (unpaired) electrons. The molecule has 0 amide bonds. The van der Waals surface area contributed by atoms with Crippen LogP contribution in [0.3, 0.4) is 0 Å². The molecule has 3 rings (SSSR count). The third kappa shape index (κ3) is 3.48. The summed E-state index contributed by atoms with van der Waals surface area (Å²) in [5, 5.41) is 8.76. The maximum atomic E-state index is 12.4. The number of carboxylic acid groups (broad SMARTS) is 1. The topological polar surface area (TPSA) is 63.6 Å². The quantitative estimate of drug-likeness (QED) is 0.790. The van der Waals surface area contributed by atoms with E-state index in [1.54, 1.807) is 30.3 Å². The van der Waals surface area contributed by atoms with Crippen molar-refractivity contribution in [2.75, 3.05) is 6.61 Å².